The third kappa shape index (κ3) is 15.9. The molecule has 14 heteroatoms. The molecule has 304 valence electrons. The predicted octanol–water partition coefficient (Wildman–Crippen LogP) is 7.23. The number of carbonyl (C=O) groups excluding carboxylic acids is 4. The van der Waals surface area contributed by atoms with Crippen LogP contribution < -0.4 is 5.32 Å². The molecule has 0 aliphatic rings. The molecular formula is C40H61NO13. The Morgan fingerprint density at radius 1 is 0.630 bits per heavy atom. The van der Waals surface area contributed by atoms with Crippen molar-refractivity contribution in [3.63, 3.8) is 0 Å². The molecule has 4 atom stereocenters. The van der Waals surface area contributed by atoms with Crippen LogP contribution in [0.25, 0.3) is 0 Å². The smallest absolute Gasteiger partial charge is 0.348 e. The lowest BCUT2D eigenvalue weighted by molar-refractivity contribution is -0.192. The number of nitrogens with one attached hydrogen (secondary N) is 1. The summed E-state index contributed by atoms with van der Waals surface area (Å²) in [6.07, 6.45) is -5.88. The van der Waals surface area contributed by atoms with E-state index in [0.29, 0.717) is 6.42 Å². The maximum absolute atomic E-state index is 14.0. The van der Waals surface area contributed by atoms with Gasteiger partial charge in [0.05, 0.1) is 27.9 Å². The van der Waals surface area contributed by atoms with Gasteiger partial charge in [0, 0.05) is 12.1 Å². The fourth-order valence-corrected chi connectivity index (χ4v) is 6.73. The number of carboxylic acid groups (broad SMARTS) is 3. The zero-order chi connectivity index (χ0) is 42.4. The standard InChI is InChI=1S/C40H61NO13/c1-22(19-36(2,3)4)33(49)52-27(29(42)41-25-16-23(30(43)44)15-24(17-25)31(45)46)18-26(53-34(50)39(11,12)20-37(5,6)7)28(32(47)48)54-35(51)40(13,14)21-38(8,9)10/h15-17,22,26-28H,18-21H2,1-14H3,(H,41,42)(H,43,44)(H,45,46)(H,47,48)/t22?,26-,27+,28-/m0/s1. The summed E-state index contributed by atoms with van der Waals surface area (Å²) in [6, 6.07) is 2.85. The molecule has 0 spiro atoms. The number of ether oxygens (including phenoxy) is 3. The third-order valence-corrected chi connectivity index (χ3v) is 8.14. The highest BCUT2D eigenvalue weighted by atomic mass is 16.6. The fourth-order valence-electron chi connectivity index (χ4n) is 6.73. The molecule has 1 amide bonds. The molecule has 1 unspecified atom stereocenters. The van der Waals surface area contributed by atoms with Gasteiger partial charge < -0.3 is 34.8 Å². The van der Waals surface area contributed by atoms with Gasteiger partial charge in [0.25, 0.3) is 5.91 Å². The van der Waals surface area contributed by atoms with Gasteiger partial charge in [-0.2, -0.15) is 0 Å². The number of rotatable bonds is 17. The van der Waals surface area contributed by atoms with Crippen molar-refractivity contribution < 1.29 is 63.1 Å². The first-order valence-corrected chi connectivity index (χ1v) is 17.9. The highest BCUT2D eigenvalue weighted by molar-refractivity contribution is 6.00. The topological polar surface area (TPSA) is 220 Å². The SMILES string of the molecule is CC(CC(C)(C)C)C(=O)O[C@H](C[C@H](OC(=O)C(C)(C)CC(C)(C)C)[C@H](OC(=O)C(C)(C)CC(C)(C)C)C(=O)O)C(=O)Nc1cc(C(=O)O)cc(C(=O)O)c1. The Bertz CT molecular complexity index is 1540. The molecule has 0 heterocycles. The molecular weight excluding hydrogens is 702 g/mol. The summed E-state index contributed by atoms with van der Waals surface area (Å²) in [6.45, 7) is 25.0. The second-order valence-electron chi connectivity index (χ2n) is 19.1. The van der Waals surface area contributed by atoms with Gasteiger partial charge >= 0.3 is 35.8 Å². The van der Waals surface area contributed by atoms with Gasteiger partial charge in [-0.05, 0) is 81.4 Å². The maximum atomic E-state index is 14.0. The molecule has 4 N–H and O–H groups in total. The van der Waals surface area contributed by atoms with Crippen LogP contribution in [0.15, 0.2) is 18.2 Å². The van der Waals surface area contributed by atoms with Crippen molar-refractivity contribution in [1.82, 2.24) is 0 Å². The van der Waals surface area contributed by atoms with Crippen LogP contribution in [-0.4, -0.2) is 75.4 Å². The molecule has 1 aromatic carbocycles. The lowest BCUT2D eigenvalue weighted by atomic mass is 9.76. The van der Waals surface area contributed by atoms with E-state index in [9.17, 15) is 48.9 Å². The molecule has 0 saturated heterocycles. The van der Waals surface area contributed by atoms with E-state index in [0.717, 1.165) is 18.2 Å². The van der Waals surface area contributed by atoms with Crippen LogP contribution >= 0.6 is 0 Å². The minimum atomic E-state index is -2.17. The molecule has 0 aliphatic heterocycles. The highest BCUT2D eigenvalue weighted by Crippen LogP contribution is 2.37. The van der Waals surface area contributed by atoms with Crippen LogP contribution in [0.1, 0.15) is 143 Å². The molecule has 0 bridgehead atoms. The quantitative estimate of drug-likeness (QED) is 0.0910. The summed E-state index contributed by atoms with van der Waals surface area (Å²) in [5, 5.41) is 31.9. The van der Waals surface area contributed by atoms with Gasteiger partial charge in [-0.25, -0.2) is 14.4 Å². The van der Waals surface area contributed by atoms with Crippen molar-refractivity contribution in [3.8, 4) is 0 Å². The molecule has 0 radical (unpaired) electrons. The zero-order valence-corrected chi connectivity index (χ0v) is 34.3. The zero-order valence-electron chi connectivity index (χ0n) is 34.3. The van der Waals surface area contributed by atoms with E-state index in [4.69, 9.17) is 14.2 Å². The number of esters is 3. The minimum Gasteiger partial charge on any atom is -0.478 e. The first-order chi connectivity index (χ1) is 24.1. The summed E-state index contributed by atoms with van der Waals surface area (Å²) in [5.41, 5.74) is -4.73. The molecule has 14 nitrogen and oxygen atoms in total. The lowest BCUT2D eigenvalue weighted by Gasteiger charge is -2.35. The summed E-state index contributed by atoms with van der Waals surface area (Å²) in [5.74, 6) is -9.21. The number of hydrogen-bond donors (Lipinski definition) is 4. The minimum absolute atomic E-state index is 0.286. The number of aliphatic carboxylic acids is 1. The lowest BCUT2D eigenvalue weighted by Crippen LogP contribution is -2.49. The van der Waals surface area contributed by atoms with Crippen LogP contribution in [0.2, 0.25) is 0 Å². The average Bonchev–Trinajstić information content (AvgIpc) is 2.95. The van der Waals surface area contributed by atoms with Crippen molar-refractivity contribution in [2.75, 3.05) is 5.32 Å². The van der Waals surface area contributed by atoms with E-state index in [1.54, 1.807) is 34.6 Å². The van der Waals surface area contributed by atoms with Gasteiger partial charge in [0.1, 0.15) is 0 Å². The van der Waals surface area contributed by atoms with Crippen molar-refractivity contribution in [2.24, 2.45) is 33.0 Å². The van der Waals surface area contributed by atoms with E-state index < -0.39 is 94.3 Å². The number of carboxylic acids is 3. The second-order valence-corrected chi connectivity index (χ2v) is 19.1. The molecule has 0 aliphatic carbocycles. The summed E-state index contributed by atoms with van der Waals surface area (Å²) in [4.78, 5) is 91.2. The van der Waals surface area contributed by atoms with Crippen LogP contribution in [0.5, 0.6) is 0 Å². The molecule has 1 aromatic rings. The maximum Gasteiger partial charge on any atom is 0.348 e. The Hall–Kier alpha value is -4.49. The van der Waals surface area contributed by atoms with Gasteiger partial charge in [-0.15, -0.1) is 0 Å². The number of amides is 1. The third-order valence-electron chi connectivity index (χ3n) is 8.14. The van der Waals surface area contributed by atoms with Gasteiger partial charge in [0.15, 0.2) is 12.2 Å². The first kappa shape index (κ1) is 47.5. The Morgan fingerprint density at radius 3 is 1.43 bits per heavy atom. The summed E-state index contributed by atoms with van der Waals surface area (Å²) < 4.78 is 17.1. The van der Waals surface area contributed by atoms with Crippen molar-refractivity contribution in [2.45, 2.75) is 141 Å². The Labute approximate surface area is 318 Å². The Balaban J connectivity index is 3.89. The predicted molar refractivity (Wildman–Crippen MR) is 200 cm³/mol. The number of anilines is 1. The van der Waals surface area contributed by atoms with E-state index in [2.05, 4.69) is 5.32 Å². The Morgan fingerprint density at radius 2 is 1.06 bits per heavy atom. The van der Waals surface area contributed by atoms with Crippen LogP contribution in [0.3, 0.4) is 0 Å². The van der Waals surface area contributed by atoms with Crippen LogP contribution in [0.4, 0.5) is 5.69 Å². The molecule has 0 fully saturated rings. The van der Waals surface area contributed by atoms with E-state index in [1.807, 2.05) is 62.3 Å². The van der Waals surface area contributed by atoms with E-state index in [1.165, 1.54) is 0 Å². The van der Waals surface area contributed by atoms with Gasteiger partial charge in [-0.1, -0.05) is 69.2 Å². The van der Waals surface area contributed by atoms with Gasteiger partial charge in [-0.3, -0.25) is 19.2 Å². The second kappa shape index (κ2) is 17.8. The Kier molecular flexibility index (Phi) is 15.6. The van der Waals surface area contributed by atoms with Crippen LogP contribution in [0, 0.1) is 33.0 Å². The molecule has 0 saturated carbocycles. The van der Waals surface area contributed by atoms with Crippen LogP contribution in [-0.2, 0) is 38.2 Å². The number of carbonyl (C=O) groups is 7. The summed E-state index contributed by atoms with van der Waals surface area (Å²) in [7, 11) is 0. The largest absolute Gasteiger partial charge is 0.478 e. The normalized spacial score (nSPS) is 14.9. The highest BCUT2D eigenvalue weighted by Gasteiger charge is 2.45. The fraction of sp³-hybridized carbons (Fsp3) is 0.675. The number of benzene rings is 1. The first-order valence-electron chi connectivity index (χ1n) is 17.9. The summed E-state index contributed by atoms with van der Waals surface area (Å²) >= 11 is 0. The number of hydrogen-bond acceptors (Lipinski definition) is 10. The molecule has 0 aromatic heterocycles. The van der Waals surface area contributed by atoms with Crippen molar-refractivity contribution in [3.05, 3.63) is 29.3 Å². The van der Waals surface area contributed by atoms with E-state index >= 15 is 0 Å². The van der Waals surface area contributed by atoms with Crippen molar-refractivity contribution in [1.29, 1.82) is 0 Å². The van der Waals surface area contributed by atoms with Crippen molar-refractivity contribution >= 4 is 47.4 Å². The van der Waals surface area contributed by atoms with Gasteiger partial charge in [0.2, 0.25) is 6.10 Å². The monoisotopic (exact) mass is 763 g/mol. The molecule has 1 rings (SSSR count). The van der Waals surface area contributed by atoms with E-state index in [-0.39, 0.29) is 34.8 Å². The number of aromatic carboxylic acids is 2. The average molecular weight is 764 g/mol. The molecule has 54 heavy (non-hydrogen) atoms.